The van der Waals surface area contributed by atoms with E-state index >= 15 is 0 Å². The van der Waals surface area contributed by atoms with Crippen LogP contribution in [0.1, 0.15) is 32.9 Å². The zero-order chi connectivity index (χ0) is 22.4. The van der Waals surface area contributed by atoms with Gasteiger partial charge in [-0.1, -0.05) is 36.4 Å². The number of aryl methyl sites for hydroxylation is 1. The fourth-order valence-corrected chi connectivity index (χ4v) is 3.52. The van der Waals surface area contributed by atoms with Crippen molar-refractivity contribution in [2.45, 2.75) is 26.8 Å². The summed E-state index contributed by atoms with van der Waals surface area (Å²) in [5, 5.41) is 0. The van der Waals surface area contributed by atoms with Crippen molar-refractivity contribution >= 4 is 11.8 Å². The summed E-state index contributed by atoms with van der Waals surface area (Å²) in [6.45, 7) is 4.26. The van der Waals surface area contributed by atoms with Crippen molar-refractivity contribution < 1.29 is 23.8 Å². The van der Waals surface area contributed by atoms with E-state index < -0.39 is 5.97 Å². The molecule has 31 heavy (non-hydrogen) atoms. The van der Waals surface area contributed by atoms with E-state index in [1.165, 1.54) is 7.11 Å². The minimum Gasteiger partial charge on any atom is -0.497 e. The second-order valence-corrected chi connectivity index (χ2v) is 7.29. The molecule has 0 aliphatic rings. The molecule has 3 rings (SSSR count). The Morgan fingerprint density at radius 2 is 1.68 bits per heavy atom. The maximum Gasteiger partial charge on any atom is 0.310 e. The molecular weight excluding hydrogens is 394 g/mol. The summed E-state index contributed by atoms with van der Waals surface area (Å²) in [6.07, 6.45) is 0.00742. The van der Waals surface area contributed by atoms with Gasteiger partial charge in [0.25, 0.3) is 0 Å². The number of aromatic nitrogens is 1. The lowest BCUT2D eigenvalue weighted by Gasteiger charge is -2.11. The third-order valence-electron chi connectivity index (χ3n) is 5.25. The van der Waals surface area contributed by atoms with Gasteiger partial charge < -0.3 is 18.8 Å². The second-order valence-electron chi connectivity index (χ2n) is 7.29. The van der Waals surface area contributed by atoms with Crippen LogP contribution < -0.4 is 9.47 Å². The molecule has 6 nitrogen and oxygen atoms in total. The standard InChI is InChI=1S/C25H27NO5/c1-17-12-22(18(2)26(17)15-19-8-6-5-7-9-19)23(27)16-31-25(28)13-20-10-11-21(29-3)14-24(20)30-4/h5-12,14H,13,15-16H2,1-4H3. The van der Waals surface area contributed by atoms with E-state index in [0.29, 0.717) is 29.2 Å². The highest BCUT2D eigenvalue weighted by molar-refractivity contribution is 5.99. The number of nitrogens with zero attached hydrogens (tertiary/aromatic N) is 1. The Labute approximate surface area is 182 Å². The molecule has 0 amide bonds. The Kier molecular flexibility index (Phi) is 7.13. The molecule has 0 saturated heterocycles. The summed E-state index contributed by atoms with van der Waals surface area (Å²) in [4.78, 5) is 25.0. The van der Waals surface area contributed by atoms with Crippen LogP contribution in [0.5, 0.6) is 11.5 Å². The molecule has 0 spiro atoms. The van der Waals surface area contributed by atoms with Gasteiger partial charge in [-0.2, -0.15) is 0 Å². The summed E-state index contributed by atoms with van der Waals surface area (Å²) >= 11 is 0. The van der Waals surface area contributed by atoms with Crippen LogP contribution >= 0.6 is 0 Å². The van der Waals surface area contributed by atoms with Crippen LogP contribution in [0.2, 0.25) is 0 Å². The number of Topliss-reactive ketones (excluding diaryl/α,β-unsaturated/α-hetero) is 1. The molecule has 1 aromatic heterocycles. The number of hydrogen-bond acceptors (Lipinski definition) is 5. The largest absolute Gasteiger partial charge is 0.497 e. The van der Waals surface area contributed by atoms with E-state index in [1.54, 1.807) is 25.3 Å². The number of methoxy groups -OCH3 is 2. The zero-order valence-electron chi connectivity index (χ0n) is 18.3. The molecule has 2 aromatic carbocycles. The van der Waals surface area contributed by atoms with Crippen molar-refractivity contribution in [1.29, 1.82) is 0 Å². The molecular formula is C25H27NO5. The highest BCUT2D eigenvalue weighted by Gasteiger charge is 2.18. The highest BCUT2D eigenvalue weighted by atomic mass is 16.5. The molecule has 0 saturated carbocycles. The summed E-state index contributed by atoms with van der Waals surface area (Å²) in [5.41, 5.74) is 4.24. The number of rotatable bonds is 9. The van der Waals surface area contributed by atoms with Crippen molar-refractivity contribution in [1.82, 2.24) is 4.57 Å². The lowest BCUT2D eigenvalue weighted by molar-refractivity contribution is -0.141. The molecule has 0 aliphatic carbocycles. The number of carbonyl (C=O) groups excluding carboxylic acids is 2. The third kappa shape index (κ3) is 5.34. The van der Waals surface area contributed by atoms with E-state index in [9.17, 15) is 9.59 Å². The number of ether oxygens (including phenoxy) is 3. The molecule has 3 aromatic rings. The second kappa shape index (κ2) is 9.98. The average Bonchev–Trinajstić information content (AvgIpc) is 3.06. The zero-order valence-corrected chi connectivity index (χ0v) is 18.3. The lowest BCUT2D eigenvalue weighted by Crippen LogP contribution is -2.16. The fourth-order valence-electron chi connectivity index (χ4n) is 3.52. The first kappa shape index (κ1) is 22.2. The number of benzene rings is 2. The number of ketones is 1. The Balaban J connectivity index is 1.63. The van der Waals surface area contributed by atoms with Crippen LogP contribution in [0.3, 0.4) is 0 Å². The fraction of sp³-hybridized carbons (Fsp3) is 0.280. The number of carbonyl (C=O) groups is 2. The van der Waals surface area contributed by atoms with E-state index in [-0.39, 0.29) is 18.8 Å². The third-order valence-corrected chi connectivity index (χ3v) is 5.25. The molecule has 0 unspecified atom stereocenters. The van der Waals surface area contributed by atoms with E-state index in [4.69, 9.17) is 14.2 Å². The summed E-state index contributed by atoms with van der Waals surface area (Å²) in [5.74, 6) is 0.458. The van der Waals surface area contributed by atoms with Crippen LogP contribution in [-0.4, -0.2) is 37.1 Å². The first-order chi connectivity index (χ1) is 14.9. The number of esters is 1. The smallest absolute Gasteiger partial charge is 0.310 e. The maximum atomic E-state index is 12.7. The minimum absolute atomic E-state index is 0.00742. The van der Waals surface area contributed by atoms with Gasteiger partial charge in [-0.05, 0) is 31.5 Å². The topological polar surface area (TPSA) is 66.8 Å². The molecule has 0 N–H and O–H groups in total. The van der Waals surface area contributed by atoms with Crippen molar-refractivity contribution in [2.75, 3.05) is 20.8 Å². The van der Waals surface area contributed by atoms with Gasteiger partial charge in [0.1, 0.15) is 11.5 Å². The Hall–Kier alpha value is -3.54. The van der Waals surface area contributed by atoms with Crippen molar-refractivity contribution in [3.8, 4) is 11.5 Å². The van der Waals surface area contributed by atoms with Crippen LogP contribution in [0.25, 0.3) is 0 Å². The van der Waals surface area contributed by atoms with E-state index in [0.717, 1.165) is 17.0 Å². The predicted molar refractivity (Wildman–Crippen MR) is 118 cm³/mol. The van der Waals surface area contributed by atoms with Crippen LogP contribution in [0, 0.1) is 13.8 Å². The van der Waals surface area contributed by atoms with Gasteiger partial charge in [0.2, 0.25) is 5.78 Å². The summed E-state index contributed by atoms with van der Waals surface area (Å²) in [7, 11) is 3.09. The van der Waals surface area contributed by atoms with Gasteiger partial charge in [0.05, 0.1) is 20.6 Å². The van der Waals surface area contributed by atoms with Gasteiger partial charge in [-0.25, -0.2) is 0 Å². The molecule has 1 heterocycles. The molecule has 0 atom stereocenters. The van der Waals surface area contributed by atoms with Crippen molar-refractivity contribution in [3.05, 3.63) is 82.7 Å². The van der Waals surface area contributed by atoms with Crippen molar-refractivity contribution in [3.63, 3.8) is 0 Å². The van der Waals surface area contributed by atoms with Crippen molar-refractivity contribution in [2.24, 2.45) is 0 Å². The summed E-state index contributed by atoms with van der Waals surface area (Å²) < 4.78 is 17.8. The van der Waals surface area contributed by atoms with Gasteiger partial charge in [-0.3, -0.25) is 9.59 Å². The molecule has 0 bridgehead atoms. The van der Waals surface area contributed by atoms with Crippen LogP contribution in [-0.2, 0) is 22.5 Å². The first-order valence-corrected chi connectivity index (χ1v) is 10.0. The van der Waals surface area contributed by atoms with Crippen LogP contribution in [0.4, 0.5) is 0 Å². The summed E-state index contributed by atoms with van der Waals surface area (Å²) in [6, 6.07) is 17.1. The molecule has 6 heteroatoms. The molecule has 162 valence electrons. The normalized spacial score (nSPS) is 10.6. The van der Waals surface area contributed by atoms with Crippen LogP contribution in [0.15, 0.2) is 54.6 Å². The lowest BCUT2D eigenvalue weighted by atomic mass is 10.1. The predicted octanol–water partition coefficient (Wildman–Crippen LogP) is 4.14. The molecule has 0 aliphatic heterocycles. The molecule has 0 radical (unpaired) electrons. The monoisotopic (exact) mass is 421 g/mol. The quantitative estimate of drug-likeness (QED) is 0.384. The van der Waals surface area contributed by atoms with Gasteiger partial charge in [-0.15, -0.1) is 0 Å². The van der Waals surface area contributed by atoms with E-state index in [1.807, 2.05) is 38.1 Å². The van der Waals surface area contributed by atoms with Gasteiger partial charge in [0, 0.05) is 35.1 Å². The highest BCUT2D eigenvalue weighted by Crippen LogP contribution is 2.25. The average molecular weight is 421 g/mol. The Morgan fingerprint density at radius 1 is 0.935 bits per heavy atom. The van der Waals surface area contributed by atoms with Gasteiger partial charge >= 0.3 is 5.97 Å². The molecule has 0 fully saturated rings. The minimum atomic E-state index is -0.491. The van der Waals surface area contributed by atoms with Gasteiger partial charge in [0.15, 0.2) is 6.61 Å². The Bertz CT molecular complexity index is 1070. The SMILES string of the molecule is COc1ccc(CC(=O)OCC(=O)c2cc(C)n(Cc3ccccc3)c2C)c(OC)c1. The maximum absolute atomic E-state index is 12.7. The Morgan fingerprint density at radius 3 is 2.35 bits per heavy atom. The van der Waals surface area contributed by atoms with E-state index in [2.05, 4.69) is 16.7 Å². The number of hydrogen-bond donors (Lipinski definition) is 0. The first-order valence-electron chi connectivity index (χ1n) is 10.0.